The molecule has 1 aromatic carbocycles. The van der Waals surface area contributed by atoms with Crippen LogP contribution in [0.5, 0.6) is 0 Å². The third-order valence-corrected chi connectivity index (χ3v) is 2.75. The molecular formula is C12H18BNO2. The van der Waals surface area contributed by atoms with E-state index in [9.17, 15) is 0 Å². The molecule has 0 fully saturated rings. The highest BCUT2D eigenvalue weighted by molar-refractivity contribution is 6.40. The quantitative estimate of drug-likeness (QED) is 0.781. The van der Waals surface area contributed by atoms with Crippen molar-refractivity contribution in [3.05, 3.63) is 35.4 Å². The first-order valence-corrected chi connectivity index (χ1v) is 5.78. The van der Waals surface area contributed by atoms with Gasteiger partial charge in [0.25, 0.3) is 0 Å². The van der Waals surface area contributed by atoms with Gasteiger partial charge in [0.1, 0.15) is 0 Å². The number of rotatable bonds is 4. The van der Waals surface area contributed by atoms with E-state index < -0.39 is 7.25 Å². The molecule has 3 nitrogen and oxygen atoms in total. The van der Waals surface area contributed by atoms with Gasteiger partial charge >= 0.3 is 7.25 Å². The Bertz CT molecular complexity index is 332. The Morgan fingerprint density at radius 3 is 2.31 bits per heavy atom. The van der Waals surface area contributed by atoms with Gasteiger partial charge in [0.15, 0.2) is 0 Å². The monoisotopic (exact) mass is 219 g/mol. The van der Waals surface area contributed by atoms with Crippen molar-refractivity contribution in [2.45, 2.75) is 38.9 Å². The average molecular weight is 219 g/mol. The van der Waals surface area contributed by atoms with Crippen molar-refractivity contribution in [1.82, 2.24) is 0 Å². The van der Waals surface area contributed by atoms with Crippen molar-refractivity contribution in [2.75, 3.05) is 0 Å². The van der Waals surface area contributed by atoms with Gasteiger partial charge in [-0.05, 0) is 37.8 Å². The van der Waals surface area contributed by atoms with Crippen molar-refractivity contribution in [2.24, 2.45) is 5.64 Å². The normalized spacial score (nSPS) is 15.5. The van der Waals surface area contributed by atoms with Gasteiger partial charge < -0.3 is 15.0 Å². The van der Waals surface area contributed by atoms with E-state index in [1.165, 1.54) is 11.1 Å². The van der Waals surface area contributed by atoms with Gasteiger partial charge in [0.2, 0.25) is 0 Å². The first-order valence-electron chi connectivity index (χ1n) is 5.78. The molecule has 0 unspecified atom stereocenters. The zero-order chi connectivity index (χ0) is 11.5. The lowest BCUT2D eigenvalue weighted by Crippen LogP contribution is -2.39. The summed E-state index contributed by atoms with van der Waals surface area (Å²) >= 11 is 0. The minimum Gasteiger partial charge on any atom is -0.395 e. The molecule has 16 heavy (non-hydrogen) atoms. The van der Waals surface area contributed by atoms with Crippen LogP contribution in [0.25, 0.3) is 0 Å². The molecule has 0 saturated heterocycles. The van der Waals surface area contributed by atoms with E-state index in [1.807, 2.05) is 13.8 Å². The number of nitrogens with two attached hydrogens (primary N) is 1. The summed E-state index contributed by atoms with van der Waals surface area (Å²) in [5.41, 5.74) is 8.47. The SMILES string of the molecule is CC(C)OB(N)OC1Cc2ccccc2C1. The molecule has 2 N–H and O–H groups in total. The van der Waals surface area contributed by atoms with Crippen molar-refractivity contribution < 1.29 is 9.31 Å². The third-order valence-electron chi connectivity index (χ3n) is 2.75. The van der Waals surface area contributed by atoms with Crippen LogP contribution in [-0.2, 0) is 22.2 Å². The predicted octanol–water partition coefficient (Wildman–Crippen LogP) is 1.54. The summed E-state index contributed by atoms with van der Waals surface area (Å²) < 4.78 is 11.0. The summed E-state index contributed by atoms with van der Waals surface area (Å²) in [6, 6.07) is 8.42. The highest BCUT2D eigenvalue weighted by Crippen LogP contribution is 2.23. The van der Waals surface area contributed by atoms with Gasteiger partial charge in [0, 0.05) is 6.10 Å². The Morgan fingerprint density at radius 1 is 1.25 bits per heavy atom. The molecule has 0 saturated carbocycles. The molecule has 2 rings (SSSR count). The maximum absolute atomic E-state index is 5.74. The zero-order valence-corrected chi connectivity index (χ0v) is 9.85. The molecular weight excluding hydrogens is 201 g/mol. The van der Waals surface area contributed by atoms with E-state index in [2.05, 4.69) is 24.3 Å². The minimum absolute atomic E-state index is 0.0961. The van der Waals surface area contributed by atoms with Gasteiger partial charge in [-0.3, -0.25) is 0 Å². The van der Waals surface area contributed by atoms with E-state index in [-0.39, 0.29) is 12.2 Å². The number of fused-ring (bicyclic) bond motifs is 1. The lowest BCUT2D eigenvalue weighted by molar-refractivity contribution is 0.118. The van der Waals surface area contributed by atoms with Crippen LogP contribution in [0.1, 0.15) is 25.0 Å². The number of hydrogen-bond donors (Lipinski definition) is 1. The second-order valence-electron chi connectivity index (χ2n) is 4.49. The molecule has 0 heterocycles. The first kappa shape index (κ1) is 11.6. The summed E-state index contributed by atoms with van der Waals surface area (Å²) in [5, 5.41) is 0. The highest BCUT2D eigenvalue weighted by atomic mass is 16.6. The summed E-state index contributed by atoms with van der Waals surface area (Å²) in [4.78, 5) is 0. The molecule has 0 aromatic heterocycles. The van der Waals surface area contributed by atoms with Crippen molar-refractivity contribution in [1.29, 1.82) is 0 Å². The molecule has 1 aliphatic rings. The molecule has 0 aliphatic heterocycles. The van der Waals surface area contributed by atoms with E-state index in [4.69, 9.17) is 15.0 Å². The Labute approximate surface area is 97.1 Å². The Balaban J connectivity index is 1.87. The molecule has 0 radical (unpaired) electrons. The molecule has 0 bridgehead atoms. The third kappa shape index (κ3) is 2.85. The standard InChI is InChI=1S/C12H18BNO2/c1-9(2)15-13(14)16-12-7-10-5-3-4-6-11(10)8-12/h3-6,9,12H,7-8,14H2,1-2H3. The van der Waals surface area contributed by atoms with Gasteiger partial charge in [-0.1, -0.05) is 24.3 Å². The predicted molar refractivity (Wildman–Crippen MR) is 64.9 cm³/mol. The second-order valence-corrected chi connectivity index (χ2v) is 4.49. The van der Waals surface area contributed by atoms with Crippen molar-refractivity contribution >= 4 is 7.25 Å². The second kappa shape index (κ2) is 5.00. The molecule has 86 valence electrons. The van der Waals surface area contributed by atoms with Crippen LogP contribution in [0.4, 0.5) is 0 Å². The van der Waals surface area contributed by atoms with Gasteiger partial charge in [-0.25, -0.2) is 0 Å². The van der Waals surface area contributed by atoms with E-state index in [1.54, 1.807) is 0 Å². The smallest absolute Gasteiger partial charge is 0.395 e. The lowest BCUT2D eigenvalue weighted by atomic mass is 10.1. The van der Waals surface area contributed by atoms with Crippen molar-refractivity contribution in [3.63, 3.8) is 0 Å². The van der Waals surface area contributed by atoms with E-state index >= 15 is 0 Å². The Kier molecular flexibility index (Phi) is 3.64. The fourth-order valence-electron chi connectivity index (χ4n) is 2.10. The summed E-state index contributed by atoms with van der Waals surface area (Å²) in [7, 11) is -0.612. The van der Waals surface area contributed by atoms with Crippen LogP contribution in [0.2, 0.25) is 0 Å². The molecule has 0 amide bonds. The average Bonchev–Trinajstić information content (AvgIpc) is 2.57. The van der Waals surface area contributed by atoms with Gasteiger partial charge in [0.05, 0.1) is 6.10 Å². The van der Waals surface area contributed by atoms with Crippen LogP contribution < -0.4 is 5.64 Å². The molecule has 0 atom stereocenters. The molecule has 1 aromatic rings. The van der Waals surface area contributed by atoms with Crippen LogP contribution in [-0.4, -0.2) is 19.5 Å². The van der Waals surface area contributed by atoms with Gasteiger partial charge in [-0.2, -0.15) is 0 Å². The number of benzene rings is 1. The van der Waals surface area contributed by atoms with E-state index in [0.717, 1.165) is 12.8 Å². The zero-order valence-electron chi connectivity index (χ0n) is 9.85. The molecule has 1 aliphatic carbocycles. The Morgan fingerprint density at radius 2 is 1.81 bits per heavy atom. The first-order chi connectivity index (χ1) is 7.65. The lowest BCUT2D eigenvalue weighted by Gasteiger charge is -2.17. The van der Waals surface area contributed by atoms with Crippen molar-refractivity contribution in [3.8, 4) is 0 Å². The summed E-state index contributed by atoms with van der Waals surface area (Å²) in [5.74, 6) is 0. The highest BCUT2D eigenvalue weighted by Gasteiger charge is 2.26. The van der Waals surface area contributed by atoms with Gasteiger partial charge in [-0.15, -0.1) is 0 Å². The summed E-state index contributed by atoms with van der Waals surface area (Å²) in [6.45, 7) is 3.90. The maximum atomic E-state index is 5.74. The Hall–Kier alpha value is -0.835. The molecule has 0 spiro atoms. The van der Waals surface area contributed by atoms with Crippen LogP contribution >= 0.6 is 0 Å². The number of hydrogen-bond acceptors (Lipinski definition) is 3. The van der Waals surface area contributed by atoms with E-state index in [0.29, 0.717) is 0 Å². The summed E-state index contributed by atoms with van der Waals surface area (Å²) in [6.07, 6.45) is 2.13. The largest absolute Gasteiger partial charge is 0.552 e. The van der Waals surface area contributed by atoms with Crippen LogP contribution in [0, 0.1) is 0 Å². The topological polar surface area (TPSA) is 44.5 Å². The van der Waals surface area contributed by atoms with Crippen LogP contribution in [0.15, 0.2) is 24.3 Å². The fraction of sp³-hybridized carbons (Fsp3) is 0.500. The van der Waals surface area contributed by atoms with Crippen LogP contribution in [0.3, 0.4) is 0 Å². The maximum Gasteiger partial charge on any atom is 0.552 e. The minimum atomic E-state index is -0.612. The fourth-order valence-corrected chi connectivity index (χ4v) is 2.10. The molecule has 4 heteroatoms.